The Bertz CT molecular complexity index is 872. The molecule has 0 unspecified atom stereocenters. The van der Waals surface area contributed by atoms with Crippen LogP contribution in [-0.4, -0.2) is 67.4 Å². The van der Waals surface area contributed by atoms with Crippen LogP contribution in [0.5, 0.6) is 0 Å². The molecular weight excluding hydrogens is 388 g/mol. The highest BCUT2D eigenvalue weighted by molar-refractivity contribution is 7.89. The third-order valence-electron chi connectivity index (χ3n) is 3.99. The van der Waals surface area contributed by atoms with Crippen LogP contribution in [0.15, 0.2) is 29.2 Å². The Balaban J connectivity index is 2.36. The summed E-state index contributed by atoms with van der Waals surface area (Å²) in [6.45, 7) is 5.63. The van der Waals surface area contributed by atoms with Crippen LogP contribution in [0.3, 0.4) is 0 Å². The number of aryl methyl sites for hydroxylation is 1. The Morgan fingerprint density at radius 1 is 1.14 bits per heavy atom. The summed E-state index contributed by atoms with van der Waals surface area (Å²) in [6, 6.07) is 4.65. The molecule has 10 heteroatoms. The molecule has 2 amide bonds. The highest BCUT2D eigenvalue weighted by Gasteiger charge is 2.46. The van der Waals surface area contributed by atoms with Crippen molar-refractivity contribution in [2.24, 2.45) is 0 Å². The van der Waals surface area contributed by atoms with Crippen molar-refractivity contribution in [2.75, 3.05) is 20.2 Å². The van der Waals surface area contributed by atoms with Gasteiger partial charge in [0, 0.05) is 6.54 Å². The first kappa shape index (κ1) is 21.8. The lowest BCUT2D eigenvalue weighted by Gasteiger charge is -2.37. The van der Waals surface area contributed by atoms with Gasteiger partial charge in [-0.15, -0.1) is 0 Å². The normalized spacial score (nSPS) is 18.7. The number of imide groups is 1. The molecule has 1 saturated heterocycles. The van der Waals surface area contributed by atoms with E-state index in [9.17, 15) is 22.8 Å². The SMILES string of the molecule is COC(=O)[C@@H]1CN(S(=O)(=O)c2ccc(C)cc2)CC(=O)N1C(=O)OC(C)(C)C. The Morgan fingerprint density at radius 2 is 1.71 bits per heavy atom. The zero-order chi connectivity index (χ0) is 21.3. The number of methoxy groups -OCH3 is 1. The number of benzene rings is 1. The van der Waals surface area contributed by atoms with E-state index in [1.165, 1.54) is 12.1 Å². The number of hydrogen-bond acceptors (Lipinski definition) is 7. The maximum Gasteiger partial charge on any atom is 0.417 e. The van der Waals surface area contributed by atoms with Gasteiger partial charge in [0.25, 0.3) is 0 Å². The number of sulfonamides is 1. The van der Waals surface area contributed by atoms with Gasteiger partial charge in [-0.3, -0.25) is 4.79 Å². The minimum atomic E-state index is -4.04. The predicted octanol–water partition coefficient (Wildman–Crippen LogP) is 1.30. The summed E-state index contributed by atoms with van der Waals surface area (Å²) >= 11 is 0. The van der Waals surface area contributed by atoms with Gasteiger partial charge in [-0.1, -0.05) is 17.7 Å². The van der Waals surface area contributed by atoms with Gasteiger partial charge in [-0.2, -0.15) is 4.31 Å². The van der Waals surface area contributed by atoms with E-state index < -0.39 is 52.7 Å². The van der Waals surface area contributed by atoms with E-state index in [1.807, 2.05) is 6.92 Å². The smallest absolute Gasteiger partial charge is 0.417 e. The summed E-state index contributed by atoms with van der Waals surface area (Å²) in [5, 5.41) is 0. The molecule has 1 aliphatic heterocycles. The third-order valence-corrected chi connectivity index (χ3v) is 5.82. The molecule has 1 aromatic rings. The average Bonchev–Trinajstić information content (AvgIpc) is 2.59. The number of amides is 2. The Hall–Kier alpha value is -2.46. The van der Waals surface area contributed by atoms with Crippen molar-refractivity contribution >= 4 is 28.0 Å². The van der Waals surface area contributed by atoms with Gasteiger partial charge >= 0.3 is 12.1 Å². The fourth-order valence-electron chi connectivity index (χ4n) is 2.64. The summed E-state index contributed by atoms with van der Waals surface area (Å²) < 4.78 is 36.5. The number of carbonyl (C=O) groups excluding carboxylic acids is 3. The first-order valence-corrected chi connectivity index (χ1v) is 10.0. The van der Waals surface area contributed by atoms with Gasteiger partial charge in [-0.05, 0) is 39.8 Å². The molecular formula is C18H24N2O7S. The lowest BCUT2D eigenvalue weighted by Crippen LogP contribution is -2.62. The number of esters is 1. The van der Waals surface area contributed by atoms with E-state index in [2.05, 4.69) is 4.74 Å². The molecule has 1 aliphatic rings. The van der Waals surface area contributed by atoms with Crippen LogP contribution in [0.25, 0.3) is 0 Å². The van der Waals surface area contributed by atoms with E-state index in [4.69, 9.17) is 4.74 Å². The third kappa shape index (κ3) is 4.68. The molecule has 0 aromatic heterocycles. The fourth-order valence-corrected chi connectivity index (χ4v) is 4.03. The van der Waals surface area contributed by atoms with Crippen LogP contribution >= 0.6 is 0 Å². The van der Waals surface area contributed by atoms with E-state index in [0.29, 0.717) is 4.90 Å². The van der Waals surface area contributed by atoms with Gasteiger partial charge in [0.15, 0.2) is 6.04 Å². The summed E-state index contributed by atoms with van der Waals surface area (Å²) in [7, 11) is -2.95. The number of nitrogens with zero attached hydrogens (tertiary/aromatic N) is 2. The number of rotatable bonds is 3. The minimum absolute atomic E-state index is 0.0137. The molecule has 154 valence electrons. The van der Waals surface area contributed by atoms with Gasteiger partial charge in [0.05, 0.1) is 18.6 Å². The Morgan fingerprint density at radius 3 is 2.21 bits per heavy atom. The number of hydrogen-bond donors (Lipinski definition) is 0. The molecule has 1 heterocycles. The molecule has 28 heavy (non-hydrogen) atoms. The van der Waals surface area contributed by atoms with Crippen LogP contribution in [-0.2, 0) is 29.1 Å². The Kier molecular flexibility index (Phi) is 6.15. The Labute approximate surface area is 164 Å². The molecule has 9 nitrogen and oxygen atoms in total. The van der Waals surface area contributed by atoms with Crippen molar-refractivity contribution in [3.05, 3.63) is 29.8 Å². The molecule has 0 spiro atoms. The van der Waals surface area contributed by atoms with E-state index in [-0.39, 0.29) is 4.90 Å². The zero-order valence-electron chi connectivity index (χ0n) is 16.5. The number of ether oxygens (including phenoxy) is 2. The summed E-state index contributed by atoms with van der Waals surface area (Å²) in [5.74, 6) is -1.78. The van der Waals surface area contributed by atoms with Gasteiger partial charge in [0.2, 0.25) is 15.9 Å². The lowest BCUT2D eigenvalue weighted by molar-refractivity contribution is -0.155. The second kappa shape index (κ2) is 7.88. The number of carbonyl (C=O) groups is 3. The van der Waals surface area contributed by atoms with E-state index >= 15 is 0 Å². The maximum atomic E-state index is 12.9. The lowest BCUT2D eigenvalue weighted by atomic mass is 10.2. The number of piperazine rings is 1. The topological polar surface area (TPSA) is 110 Å². The quantitative estimate of drug-likeness (QED) is 0.688. The second-order valence-electron chi connectivity index (χ2n) is 7.39. The maximum absolute atomic E-state index is 12.9. The summed E-state index contributed by atoms with van der Waals surface area (Å²) in [5.41, 5.74) is -0.0272. The highest BCUT2D eigenvalue weighted by atomic mass is 32.2. The summed E-state index contributed by atoms with van der Waals surface area (Å²) in [6.07, 6.45) is -1.03. The van der Waals surface area contributed by atoms with Crippen molar-refractivity contribution < 1.29 is 32.3 Å². The molecule has 2 rings (SSSR count). The molecule has 1 fully saturated rings. The first-order valence-electron chi connectivity index (χ1n) is 8.56. The van der Waals surface area contributed by atoms with Crippen molar-refractivity contribution in [3.8, 4) is 0 Å². The minimum Gasteiger partial charge on any atom is -0.467 e. The molecule has 0 bridgehead atoms. The first-order chi connectivity index (χ1) is 12.9. The fraction of sp³-hybridized carbons (Fsp3) is 0.500. The largest absolute Gasteiger partial charge is 0.467 e. The van der Waals surface area contributed by atoms with Crippen LogP contribution in [0.2, 0.25) is 0 Å². The molecule has 1 atom stereocenters. The molecule has 0 aliphatic carbocycles. The van der Waals surface area contributed by atoms with Crippen molar-refractivity contribution in [2.45, 2.75) is 44.2 Å². The van der Waals surface area contributed by atoms with Crippen LogP contribution < -0.4 is 0 Å². The van der Waals surface area contributed by atoms with Gasteiger partial charge in [0.1, 0.15) is 5.60 Å². The highest BCUT2D eigenvalue weighted by Crippen LogP contribution is 2.23. The summed E-state index contributed by atoms with van der Waals surface area (Å²) in [4.78, 5) is 37.8. The molecule has 0 radical (unpaired) electrons. The monoisotopic (exact) mass is 412 g/mol. The van der Waals surface area contributed by atoms with E-state index in [1.54, 1.807) is 32.9 Å². The predicted molar refractivity (Wildman–Crippen MR) is 98.8 cm³/mol. The molecule has 0 N–H and O–H groups in total. The standard InChI is InChI=1S/C18H24N2O7S/c1-12-6-8-13(9-7-12)28(24,25)19-10-14(16(22)26-5)20(15(21)11-19)17(23)27-18(2,3)4/h6-9,14H,10-11H2,1-5H3/t14-/m0/s1. The molecule has 1 aromatic carbocycles. The zero-order valence-corrected chi connectivity index (χ0v) is 17.3. The van der Waals surface area contributed by atoms with Crippen molar-refractivity contribution in [3.63, 3.8) is 0 Å². The van der Waals surface area contributed by atoms with Gasteiger partial charge in [-0.25, -0.2) is 22.9 Å². The molecule has 0 saturated carbocycles. The average molecular weight is 412 g/mol. The van der Waals surface area contributed by atoms with Crippen LogP contribution in [0, 0.1) is 6.92 Å². The van der Waals surface area contributed by atoms with Crippen LogP contribution in [0.4, 0.5) is 4.79 Å². The van der Waals surface area contributed by atoms with E-state index in [0.717, 1.165) is 17.0 Å². The second-order valence-corrected chi connectivity index (χ2v) is 9.33. The van der Waals surface area contributed by atoms with Crippen molar-refractivity contribution in [1.29, 1.82) is 0 Å². The van der Waals surface area contributed by atoms with Gasteiger partial charge < -0.3 is 9.47 Å². The van der Waals surface area contributed by atoms with Crippen molar-refractivity contribution in [1.82, 2.24) is 9.21 Å². The van der Waals surface area contributed by atoms with Crippen LogP contribution in [0.1, 0.15) is 26.3 Å².